The van der Waals surface area contributed by atoms with Crippen LogP contribution in [0.2, 0.25) is 0 Å². The zero-order valence-electron chi connectivity index (χ0n) is 6.75. The normalized spacial score (nSPS) is 30.8. The fraction of sp³-hybridized carbons (Fsp3) is 0.667. The largest absolute Gasteiger partial charge is 0.392 e. The van der Waals surface area contributed by atoms with Crippen molar-refractivity contribution in [3.05, 3.63) is 11.6 Å². The second-order valence-electron chi connectivity index (χ2n) is 3.18. The summed E-state index contributed by atoms with van der Waals surface area (Å²) < 4.78 is 0. The fourth-order valence-electron chi connectivity index (χ4n) is 1.43. The van der Waals surface area contributed by atoms with Crippen LogP contribution >= 0.6 is 0 Å². The monoisotopic (exact) mass is 151 g/mol. The predicted molar refractivity (Wildman–Crippen MR) is 42.7 cm³/mol. The van der Waals surface area contributed by atoms with Crippen LogP contribution in [0.4, 0.5) is 0 Å². The van der Waals surface area contributed by atoms with Crippen molar-refractivity contribution >= 4 is 0 Å². The number of hydrogen-bond acceptors (Lipinski definition) is 2. The van der Waals surface area contributed by atoms with Crippen molar-refractivity contribution in [1.82, 2.24) is 0 Å². The standard InChI is InChI=1S/C9H13NO/c1-7-2-3-8(4-5-10)9(11)6-7/h2,8-9,11H,3-4,6H2,1H3/t8-,9+/m0/s1. The second kappa shape index (κ2) is 3.54. The molecule has 0 aliphatic heterocycles. The molecule has 2 heteroatoms. The Bertz CT molecular complexity index is 202. The van der Waals surface area contributed by atoms with Gasteiger partial charge in [-0.2, -0.15) is 5.26 Å². The molecule has 2 nitrogen and oxygen atoms in total. The van der Waals surface area contributed by atoms with Gasteiger partial charge in [-0.25, -0.2) is 0 Å². The molecule has 1 N–H and O–H groups in total. The van der Waals surface area contributed by atoms with Crippen LogP contribution < -0.4 is 0 Å². The summed E-state index contributed by atoms with van der Waals surface area (Å²) in [6.45, 7) is 2.02. The minimum Gasteiger partial charge on any atom is -0.392 e. The lowest BCUT2D eigenvalue weighted by atomic mass is 9.86. The summed E-state index contributed by atoms with van der Waals surface area (Å²) in [7, 11) is 0. The van der Waals surface area contributed by atoms with Gasteiger partial charge in [-0.3, -0.25) is 0 Å². The average Bonchev–Trinajstić information content (AvgIpc) is 1.95. The van der Waals surface area contributed by atoms with Gasteiger partial charge in [0.05, 0.1) is 12.2 Å². The van der Waals surface area contributed by atoms with Crippen molar-refractivity contribution in [2.24, 2.45) is 5.92 Å². The number of allylic oxidation sites excluding steroid dienone is 1. The lowest BCUT2D eigenvalue weighted by molar-refractivity contribution is 0.104. The highest BCUT2D eigenvalue weighted by atomic mass is 16.3. The zero-order chi connectivity index (χ0) is 8.27. The lowest BCUT2D eigenvalue weighted by Crippen LogP contribution is -2.23. The molecule has 0 aromatic heterocycles. The Labute approximate surface area is 67.2 Å². The van der Waals surface area contributed by atoms with Gasteiger partial charge in [0.2, 0.25) is 0 Å². The number of aliphatic hydroxyl groups excluding tert-OH is 1. The highest BCUT2D eigenvalue weighted by molar-refractivity contribution is 5.07. The van der Waals surface area contributed by atoms with Gasteiger partial charge in [-0.1, -0.05) is 11.6 Å². The lowest BCUT2D eigenvalue weighted by Gasteiger charge is -2.24. The Hall–Kier alpha value is -0.810. The Morgan fingerprint density at radius 3 is 3.09 bits per heavy atom. The number of hydrogen-bond donors (Lipinski definition) is 1. The molecule has 0 saturated heterocycles. The molecule has 0 fully saturated rings. The molecule has 0 bridgehead atoms. The van der Waals surface area contributed by atoms with E-state index in [0.29, 0.717) is 6.42 Å². The molecule has 0 aromatic rings. The Morgan fingerprint density at radius 2 is 2.55 bits per heavy atom. The van der Waals surface area contributed by atoms with Crippen LogP contribution in [-0.4, -0.2) is 11.2 Å². The molecule has 1 aliphatic rings. The molecule has 0 heterocycles. The molecule has 1 rings (SSSR count). The van der Waals surface area contributed by atoms with Crippen molar-refractivity contribution in [3.8, 4) is 6.07 Å². The molecule has 1 aliphatic carbocycles. The summed E-state index contributed by atoms with van der Waals surface area (Å²) in [6, 6.07) is 2.09. The number of rotatable bonds is 1. The van der Waals surface area contributed by atoms with Gasteiger partial charge in [0.1, 0.15) is 0 Å². The quantitative estimate of drug-likeness (QED) is 0.579. The molecule has 0 saturated carbocycles. The van der Waals surface area contributed by atoms with E-state index in [1.165, 1.54) is 5.57 Å². The first-order valence-corrected chi connectivity index (χ1v) is 3.94. The first-order chi connectivity index (χ1) is 5.24. The van der Waals surface area contributed by atoms with Gasteiger partial charge in [0.25, 0.3) is 0 Å². The molecule has 60 valence electrons. The van der Waals surface area contributed by atoms with E-state index >= 15 is 0 Å². The van der Waals surface area contributed by atoms with Gasteiger partial charge in [-0.05, 0) is 19.8 Å². The van der Waals surface area contributed by atoms with Gasteiger partial charge in [-0.15, -0.1) is 0 Å². The predicted octanol–water partition coefficient (Wildman–Crippen LogP) is 1.62. The van der Waals surface area contributed by atoms with Crippen LogP contribution in [0.3, 0.4) is 0 Å². The molecule has 0 amide bonds. The van der Waals surface area contributed by atoms with Gasteiger partial charge >= 0.3 is 0 Å². The third kappa shape index (κ3) is 2.06. The highest BCUT2D eigenvalue weighted by Gasteiger charge is 2.21. The van der Waals surface area contributed by atoms with Crippen LogP contribution in [0.15, 0.2) is 11.6 Å². The Morgan fingerprint density at radius 1 is 1.82 bits per heavy atom. The van der Waals surface area contributed by atoms with Crippen molar-refractivity contribution in [1.29, 1.82) is 5.26 Å². The van der Waals surface area contributed by atoms with Crippen molar-refractivity contribution in [2.75, 3.05) is 0 Å². The minimum atomic E-state index is -0.292. The van der Waals surface area contributed by atoms with Crippen LogP contribution in [0.1, 0.15) is 26.2 Å². The van der Waals surface area contributed by atoms with Gasteiger partial charge < -0.3 is 5.11 Å². The summed E-state index contributed by atoms with van der Waals surface area (Å²) in [4.78, 5) is 0. The van der Waals surface area contributed by atoms with Crippen LogP contribution in [0.25, 0.3) is 0 Å². The van der Waals surface area contributed by atoms with E-state index in [1.54, 1.807) is 0 Å². The van der Waals surface area contributed by atoms with Crippen LogP contribution in [0.5, 0.6) is 0 Å². The molecule has 2 atom stereocenters. The maximum Gasteiger partial charge on any atom is 0.0625 e. The van der Waals surface area contributed by atoms with Gasteiger partial charge in [0.15, 0.2) is 0 Å². The molecular weight excluding hydrogens is 138 g/mol. The highest BCUT2D eigenvalue weighted by Crippen LogP contribution is 2.25. The van der Waals surface area contributed by atoms with E-state index in [-0.39, 0.29) is 12.0 Å². The fourth-order valence-corrected chi connectivity index (χ4v) is 1.43. The average molecular weight is 151 g/mol. The van der Waals surface area contributed by atoms with Crippen LogP contribution in [-0.2, 0) is 0 Å². The van der Waals surface area contributed by atoms with Crippen molar-refractivity contribution in [2.45, 2.75) is 32.3 Å². The number of aliphatic hydroxyl groups is 1. The molecule has 0 unspecified atom stereocenters. The number of nitrogens with zero attached hydrogens (tertiary/aromatic N) is 1. The first kappa shape index (κ1) is 8.29. The SMILES string of the molecule is CC1=CC[C@@H](CC#N)[C@H](O)C1. The second-order valence-corrected chi connectivity index (χ2v) is 3.18. The van der Waals surface area contributed by atoms with Gasteiger partial charge in [0, 0.05) is 12.3 Å². The molecular formula is C9H13NO. The van der Waals surface area contributed by atoms with E-state index in [0.717, 1.165) is 12.8 Å². The zero-order valence-corrected chi connectivity index (χ0v) is 6.75. The van der Waals surface area contributed by atoms with Crippen LogP contribution in [0, 0.1) is 17.2 Å². The maximum atomic E-state index is 9.48. The van der Waals surface area contributed by atoms with E-state index < -0.39 is 0 Å². The summed E-state index contributed by atoms with van der Waals surface area (Å²) in [6.07, 6.45) is 3.91. The summed E-state index contributed by atoms with van der Waals surface area (Å²) in [5, 5.41) is 17.9. The Balaban J connectivity index is 2.53. The minimum absolute atomic E-state index is 0.170. The Kier molecular flexibility index (Phi) is 2.67. The van der Waals surface area contributed by atoms with E-state index in [9.17, 15) is 5.11 Å². The summed E-state index contributed by atoms with van der Waals surface area (Å²) in [5.74, 6) is 0.170. The summed E-state index contributed by atoms with van der Waals surface area (Å²) in [5.41, 5.74) is 1.24. The molecule has 0 spiro atoms. The molecule has 0 aromatic carbocycles. The summed E-state index contributed by atoms with van der Waals surface area (Å²) >= 11 is 0. The van der Waals surface area contributed by atoms with E-state index in [1.807, 2.05) is 6.92 Å². The third-order valence-electron chi connectivity index (χ3n) is 2.20. The number of nitriles is 1. The van der Waals surface area contributed by atoms with Crippen molar-refractivity contribution in [3.63, 3.8) is 0 Å². The van der Waals surface area contributed by atoms with Crippen molar-refractivity contribution < 1.29 is 5.11 Å². The maximum absolute atomic E-state index is 9.48. The molecule has 0 radical (unpaired) electrons. The van der Waals surface area contributed by atoms with E-state index in [4.69, 9.17) is 5.26 Å². The smallest absolute Gasteiger partial charge is 0.0625 e. The van der Waals surface area contributed by atoms with E-state index in [2.05, 4.69) is 12.1 Å². The topological polar surface area (TPSA) is 44.0 Å². The molecule has 11 heavy (non-hydrogen) atoms. The third-order valence-corrected chi connectivity index (χ3v) is 2.20. The first-order valence-electron chi connectivity index (χ1n) is 3.94.